The normalized spacial score (nSPS) is 14.1. The quantitative estimate of drug-likeness (QED) is 0.375. The molecule has 1 unspecified atom stereocenters. The standard InChI is InChI=1S/C7H11O2.3CH3.Li.Sn/c1-3-5-7(8)9-6-4-2;;;;;/h3-5,8H,2,6H2,1H3;3*1H3;;/q;;;;+1;/p-1/b7-5-;;;;;. The molecule has 0 aromatic rings. The van der Waals surface area contributed by atoms with Crippen LogP contribution in [0, 0.1) is 0 Å². The van der Waals surface area contributed by atoms with E-state index in [2.05, 4.69) is 28.3 Å². The van der Waals surface area contributed by atoms with Crippen LogP contribution >= 0.6 is 0 Å². The van der Waals surface area contributed by atoms with E-state index in [-0.39, 0.29) is 24.8 Å². The van der Waals surface area contributed by atoms with E-state index in [4.69, 9.17) is 4.74 Å². The maximum Gasteiger partial charge on any atom is 1.00 e. The maximum absolute atomic E-state index is 11.2. The fourth-order valence-electron chi connectivity index (χ4n) is 0.643. The Bertz CT molecular complexity index is 197. The summed E-state index contributed by atoms with van der Waals surface area (Å²) in [5.74, 6) is -0.209. The molecule has 0 aromatic carbocycles. The average Bonchev–Trinajstić information content (AvgIpc) is 1.99. The minimum Gasteiger partial charge on any atom is 1.00 e. The zero-order valence-electron chi connectivity index (χ0n) is 9.96. The van der Waals surface area contributed by atoms with Crippen molar-refractivity contribution < 1.29 is 28.7 Å². The van der Waals surface area contributed by atoms with Gasteiger partial charge in [-0.25, -0.2) is 0 Å². The van der Waals surface area contributed by atoms with Crippen molar-refractivity contribution in [2.75, 3.05) is 6.61 Å². The second-order valence-corrected chi connectivity index (χ2v) is 20.3. The first-order valence-electron chi connectivity index (χ1n) is 4.50. The molecule has 0 radical (unpaired) electrons. The van der Waals surface area contributed by atoms with Crippen molar-refractivity contribution in [3.05, 3.63) is 24.7 Å². The van der Waals surface area contributed by atoms with Crippen molar-refractivity contribution in [2.24, 2.45) is 0 Å². The van der Waals surface area contributed by atoms with Gasteiger partial charge in [0.15, 0.2) is 0 Å². The maximum atomic E-state index is 11.2. The summed E-state index contributed by atoms with van der Waals surface area (Å²) in [6, 6.07) is 0. The summed E-state index contributed by atoms with van der Waals surface area (Å²) in [6.07, 6.45) is 3.29. The van der Waals surface area contributed by atoms with Gasteiger partial charge < -0.3 is 0 Å². The molecular weight excluding hydrogens is 278 g/mol. The van der Waals surface area contributed by atoms with Gasteiger partial charge in [0.1, 0.15) is 0 Å². The Hall–Kier alpha value is 0.476. The topological polar surface area (TPSA) is 32.3 Å². The molecule has 0 aromatic heterocycles. The van der Waals surface area contributed by atoms with Crippen LogP contribution in [0.1, 0.15) is 6.92 Å². The molecular formula is C10H19LiO2Sn. The van der Waals surface area contributed by atoms with Crippen LogP contribution in [-0.4, -0.2) is 25.0 Å². The molecule has 2 nitrogen and oxygen atoms in total. The van der Waals surface area contributed by atoms with Gasteiger partial charge in [-0.05, 0) is 0 Å². The Balaban J connectivity index is 0. The van der Waals surface area contributed by atoms with E-state index < -0.39 is 18.4 Å². The van der Waals surface area contributed by atoms with Crippen LogP contribution in [0.3, 0.4) is 0 Å². The fraction of sp³-hybridized carbons (Fsp3) is 0.600. The van der Waals surface area contributed by atoms with Crippen molar-refractivity contribution in [3.63, 3.8) is 0 Å². The van der Waals surface area contributed by atoms with Gasteiger partial charge in [-0.1, -0.05) is 0 Å². The second kappa shape index (κ2) is 7.73. The number of rotatable bonds is 5. The molecule has 0 amide bonds. The molecule has 14 heavy (non-hydrogen) atoms. The summed E-state index contributed by atoms with van der Waals surface area (Å²) in [4.78, 5) is 6.91. The molecule has 0 spiro atoms. The Morgan fingerprint density at radius 3 is 2.36 bits per heavy atom. The van der Waals surface area contributed by atoms with Crippen LogP contribution in [0.5, 0.6) is 0 Å². The summed E-state index contributed by atoms with van der Waals surface area (Å²) < 4.78 is 5.30. The zero-order chi connectivity index (χ0) is 10.5. The first kappa shape index (κ1) is 16.9. The largest absolute Gasteiger partial charge is 1.00 e. The van der Waals surface area contributed by atoms with E-state index >= 15 is 0 Å². The predicted molar refractivity (Wildman–Crippen MR) is 57.0 cm³/mol. The van der Waals surface area contributed by atoms with Crippen molar-refractivity contribution >= 4 is 18.4 Å². The summed E-state index contributed by atoms with van der Waals surface area (Å²) >= 11 is -1.94. The molecule has 0 heterocycles. The number of hydrogen-bond acceptors (Lipinski definition) is 2. The summed E-state index contributed by atoms with van der Waals surface area (Å²) in [7, 11) is 0. The molecule has 0 fully saturated rings. The Morgan fingerprint density at radius 2 is 2.00 bits per heavy atom. The second-order valence-electron chi connectivity index (χ2n) is 4.24. The molecule has 0 saturated heterocycles. The first-order valence-corrected chi connectivity index (χ1v) is 14.7. The van der Waals surface area contributed by atoms with Crippen molar-refractivity contribution in [1.29, 1.82) is 0 Å². The van der Waals surface area contributed by atoms with Crippen LogP contribution in [0.15, 0.2) is 24.7 Å². The molecule has 0 aliphatic rings. The third kappa shape index (κ3) is 7.84. The van der Waals surface area contributed by atoms with Gasteiger partial charge in [-0.15, -0.1) is 0 Å². The minimum absolute atomic E-state index is 0. The van der Waals surface area contributed by atoms with Crippen molar-refractivity contribution in [2.45, 2.75) is 25.7 Å². The molecule has 0 bridgehead atoms. The van der Waals surface area contributed by atoms with Crippen molar-refractivity contribution in [3.8, 4) is 0 Å². The Labute approximate surface area is 103 Å². The van der Waals surface area contributed by atoms with Gasteiger partial charge in [0.25, 0.3) is 0 Å². The Morgan fingerprint density at radius 1 is 1.50 bits per heavy atom. The monoisotopic (exact) mass is 298 g/mol. The van der Waals surface area contributed by atoms with Crippen LogP contribution in [-0.2, 0) is 4.74 Å². The van der Waals surface area contributed by atoms with E-state index in [9.17, 15) is 5.11 Å². The van der Waals surface area contributed by atoms with Gasteiger partial charge in [0, 0.05) is 0 Å². The minimum atomic E-state index is -1.94. The van der Waals surface area contributed by atoms with Crippen LogP contribution in [0.25, 0.3) is 0 Å². The van der Waals surface area contributed by atoms with E-state index in [1.165, 1.54) is 0 Å². The van der Waals surface area contributed by atoms with Crippen molar-refractivity contribution in [1.82, 2.24) is 0 Å². The van der Waals surface area contributed by atoms with E-state index in [0.29, 0.717) is 10.5 Å². The third-order valence-corrected chi connectivity index (χ3v) is 10.4. The first-order chi connectivity index (χ1) is 5.88. The molecule has 0 aliphatic carbocycles. The molecule has 0 N–H and O–H groups in total. The molecule has 1 atom stereocenters. The van der Waals surface area contributed by atoms with Crippen LogP contribution in [0.4, 0.5) is 0 Å². The fourth-order valence-corrected chi connectivity index (χ4v) is 2.46. The number of hydrogen-bond donors (Lipinski definition) is 0. The molecule has 0 saturated carbocycles. The number of allylic oxidation sites excluding steroid dienone is 1. The third-order valence-electron chi connectivity index (χ3n) is 2.10. The molecule has 4 heteroatoms. The zero-order valence-corrected chi connectivity index (χ0v) is 12.8. The van der Waals surface area contributed by atoms with E-state index in [1.807, 2.05) is 0 Å². The SMILES string of the molecule is C=CCO/C([O-])=C\[CH](C)[Sn]([CH3])([CH3])[CH3].[Li+]. The van der Waals surface area contributed by atoms with E-state index in [0.717, 1.165) is 0 Å². The van der Waals surface area contributed by atoms with Crippen LogP contribution < -0.4 is 24.0 Å². The number of ether oxygens (including phenoxy) is 1. The van der Waals surface area contributed by atoms with Gasteiger partial charge >= 0.3 is 104 Å². The average molecular weight is 297 g/mol. The van der Waals surface area contributed by atoms with Gasteiger partial charge in [-0.2, -0.15) is 0 Å². The summed E-state index contributed by atoms with van der Waals surface area (Å²) in [5, 5.41) is 11.2. The summed E-state index contributed by atoms with van der Waals surface area (Å²) in [5.41, 5.74) is 0. The van der Waals surface area contributed by atoms with Gasteiger partial charge in [0.2, 0.25) is 0 Å². The summed E-state index contributed by atoms with van der Waals surface area (Å²) in [6.45, 7) is 5.89. The van der Waals surface area contributed by atoms with Gasteiger partial charge in [0.05, 0.1) is 0 Å². The van der Waals surface area contributed by atoms with E-state index in [1.54, 1.807) is 12.2 Å². The molecule has 0 aliphatic heterocycles. The molecule has 0 rings (SSSR count). The predicted octanol–water partition coefficient (Wildman–Crippen LogP) is -0.877. The van der Waals surface area contributed by atoms with Gasteiger partial charge in [-0.3, -0.25) is 0 Å². The molecule has 76 valence electrons. The smallest absolute Gasteiger partial charge is 1.00 e. The van der Waals surface area contributed by atoms with Crippen LogP contribution in [0.2, 0.25) is 18.8 Å². The Kier molecular flexibility index (Phi) is 9.32.